The van der Waals surface area contributed by atoms with Gasteiger partial charge >= 0.3 is 0 Å². The van der Waals surface area contributed by atoms with Crippen LogP contribution in [0.15, 0.2) is 35.4 Å². The van der Waals surface area contributed by atoms with Gasteiger partial charge in [-0.3, -0.25) is 14.2 Å². The van der Waals surface area contributed by atoms with Gasteiger partial charge in [0.2, 0.25) is 0 Å². The summed E-state index contributed by atoms with van der Waals surface area (Å²) in [6, 6.07) is 6.85. The molecule has 2 aromatic rings. The first-order chi connectivity index (χ1) is 10.1. The smallest absolute Gasteiger partial charge is 0.261 e. The minimum Gasteiger partial charge on any atom is -0.391 e. The molecular formula is C15H17N3O3. The van der Waals surface area contributed by atoms with Gasteiger partial charge in [-0.2, -0.15) is 0 Å². The van der Waals surface area contributed by atoms with Gasteiger partial charge in [-0.1, -0.05) is 12.1 Å². The summed E-state index contributed by atoms with van der Waals surface area (Å²) in [6.07, 6.45) is 1.80. The number of aliphatic hydroxyl groups is 1. The summed E-state index contributed by atoms with van der Waals surface area (Å²) in [5.74, 6) is -0.0902. The number of ketones is 1. The van der Waals surface area contributed by atoms with Crippen molar-refractivity contribution in [2.45, 2.75) is 31.5 Å². The monoisotopic (exact) mass is 287 g/mol. The van der Waals surface area contributed by atoms with E-state index in [1.165, 1.54) is 10.9 Å². The molecule has 3 rings (SSSR count). The molecule has 2 N–H and O–H groups in total. The van der Waals surface area contributed by atoms with E-state index < -0.39 is 6.10 Å². The van der Waals surface area contributed by atoms with Crippen LogP contribution in [-0.4, -0.2) is 39.1 Å². The molecule has 1 aromatic carbocycles. The number of hydrogen-bond donors (Lipinski definition) is 2. The number of fused-ring (bicyclic) bond motifs is 1. The molecule has 0 saturated carbocycles. The van der Waals surface area contributed by atoms with E-state index >= 15 is 0 Å². The van der Waals surface area contributed by atoms with Crippen molar-refractivity contribution in [3.8, 4) is 0 Å². The van der Waals surface area contributed by atoms with Crippen LogP contribution in [0.2, 0.25) is 0 Å². The van der Waals surface area contributed by atoms with Crippen molar-refractivity contribution in [3.63, 3.8) is 0 Å². The Bertz CT molecular complexity index is 725. The maximum Gasteiger partial charge on any atom is 0.261 e. The average molecular weight is 287 g/mol. The highest BCUT2D eigenvalue weighted by Crippen LogP contribution is 2.11. The number of carbonyl (C=O) groups is 1. The number of Topliss-reactive ketones (excluding diaryl/α,β-unsaturated/α-hetero) is 1. The molecule has 1 fully saturated rings. The molecule has 21 heavy (non-hydrogen) atoms. The average Bonchev–Trinajstić information content (AvgIpc) is 2.87. The number of para-hydroxylation sites is 1. The molecule has 2 atom stereocenters. The zero-order chi connectivity index (χ0) is 14.8. The Morgan fingerprint density at radius 2 is 2.24 bits per heavy atom. The molecule has 6 heteroatoms. The molecule has 1 aliphatic heterocycles. The van der Waals surface area contributed by atoms with Gasteiger partial charge in [0.25, 0.3) is 5.56 Å². The first kappa shape index (κ1) is 13.9. The molecule has 0 radical (unpaired) electrons. The first-order valence-corrected chi connectivity index (χ1v) is 7.02. The Kier molecular flexibility index (Phi) is 3.81. The number of aliphatic hydroxyl groups excluding tert-OH is 1. The summed E-state index contributed by atoms with van der Waals surface area (Å²) < 4.78 is 1.33. The number of benzene rings is 1. The summed E-state index contributed by atoms with van der Waals surface area (Å²) in [7, 11) is 0. The lowest BCUT2D eigenvalue weighted by atomic mass is 10.1. The lowest BCUT2D eigenvalue weighted by molar-refractivity contribution is -0.120. The summed E-state index contributed by atoms with van der Waals surface area (Å²) >= 11 is 0. The van der Waals surface area contributed by atoms with Gasteiger partial charge in [-0.05, 0) is 25.1 Å². The number of nitrogens with zero attached hydrogens (tertiary/aromatic N) is 2. The molecule has 110 valence electrons. The Balaban J connectivity index is 1.77. The highest BCUT2D eigenvalue weighted by Gasteiger charge is 2.26. The largest absolute Gasteiger partial charge is 0.391 e. The summed E-state index contributed by atoms with van der Waals surface area (Å²) in [6.45, 7) is 0.707. The standard InChI is InChI=1S/C15H17N3O3/c19-10(7-13-14(20)5-6-16-13)8-18-9-17-12-4-2-1-3-11(12)15(18)21/h1-4,9,13-14,16,20H,5-8H2/t13?,14-/m0/s1. The van der Waals surface area contributed by atoms with Crippen LogP contribution in [0.5, 0.6) is 0 Å². The summed E-state index contributed by atoms with van der Waals surface area (Å²) in [5, 5.41) is 13.3. The number of hydrogen-bond acceptors (Lipinski definition) is 5. The lowest BCUT2D eigenvalue weighted by Crippen LogP contribution is -2.34. The van der Waals surface area contributed by atoms with Crippen LogP contribution < -0.4 is 10.9 Å². The van der Waals surface area contributed by atoms with Crippen molar-refractivity contribution >= 4 is 16.7 Å². The fraction of sp³-hybridized carbons (Fsp3) is 0.400. The van der Waals surface area contributed by atoms with Gasteiger partial charge in [0, 0.05) is 12.5 Å². The Hall–Kier alpha value is -2.05. The zero-order valence-corrected chi connectivity index (χ0v) is 11.5. The first-order valence-electron chi connectivity index (χ1n) is 7.02. The van der Waals surface area contributed by atoms with Gasteiger partial charge < -0.3 is 10.4 Å². The van der Waals surface area contributed by atoms with E-state index in [4.69, 9.17) is 0 Å². The fourth-order valence-electron chi connectivity index (χ4n) is 2.68. The van der Waals surface area contributed by atoms with E-state index in [-0.39, 0.29) is 30.3 Å². The third-order valence-electron chi connectivity index (χ3n) is 3.84. The highest BCUT2D eigenvalue weighted by atomic mass is 16.3. The minimum atomic E-state index is -0.486. The van der Waals surface area contributed by atoms with Gasteiger partial charge in [0.1, 0.15) is 0 Å². The maximum absolute atomic E-state index is 12.3. The molecule has 0 aliphatic carbocycles. The summed E-state index contributed by atoms with van der Waals surface area (Å²) in [5.41, 5.74) is 0.410. The topological polar surface area (TPSA) is 84.2 Å². The number of carbonyl (C=O) groups excluding carboxylic acids is 1. The maximum atomic E-state index is 12.3. The molecular weight excluding hydrogens is 270 g/mol. The van der Waals surface area contributed by atoms with Gasteiger partial charge in [0.15, 0.2) is 5.78 Å². The molecule has 6 nitrogen and oxygen atoms in total. The van der Waals surface area contributed by atoms with Gasteiger partial charge in [-0.15, -0.1) is 0 Å². The fourth-order valence-corrected chi connectivity index (χ4v) is 2.68. The second-order valence-corrected chi connectivity index (χ2v) is 5.35. The Labute approximate surface area is 121 Å². The van der Waals surface area contributed by atoms with Crippen LogP contribution >= 0.6 is 0 Å². The van der Waals surface area contributed by atoms with Gasteiger partial charge in [-0.25, -0.2) is 4.98 Å². The summed E-state index contributed by atoms with van der Waals surface area (Å²) in [4.78, 5) is 28.5. The van der Waals surface area contributed by atoms with Crippen molar-refractivity contribution < 1.29 is 9.90 Å². The van der Waals surface area contributed by atoms with Crippen molar-refractivity contribution in [2.75, 3.05) is 6.54 Å². The molecule has 0 bridgehead atoms. The third-order valence-corrected chi connectivity index (χ3v) is 3.84. The predicted molar refractivity (Wildman–Crippen MR) is 78.0 cm³/mol. The van der Waals surface area contributed by atoms with E-state index in [2.05, 4.69) is 10.3 Å². The van der Waals surface area contributed by atoms with Crippen LogP contribution in [-0.2, 0) is 11.3 Å². The lowest BCUT2D eigenvalue weighted by Gasteiger charge is -2.14. The molecule has 1 aliphatic rings. The Morgan fingerprint density at radius 1 is 1.43 bits per heavy atom. The van der Waals surface area contributed by atoms with Crippen LogP contribution in [0.4, 0.5) is 0 Å². The van der Waals surface area contributed by atoms with E-state index in [1.807, 2.05) is 6.07 Å². The zero-order valence-electron chi connectivity index (χ0n) is 11.5. The quantitative estimate of drug-likeness (QED) is 0.832. The van der Waals surface area contributed by atoms with Crippen LogP contribution in [0.25, 0.3) is 10.9 Å². The van der Waals surface area contributed by atoms with Crippen LogP contribution in [0, 0.1) is 0 Å². The van der Waals surface area contributed by atoms with E-state index in [0.717, 1.165) is 6.54 Å². The molecule has 0 spiro atoms. The van der Waals surface area contributed by atoms with Crippen molar-refractivity contribution in [2.24, 2.45) is 0 Å². The number of aromatic nitrogens is 2. The van der Waals surface area contributed by atoms with Gasteiger partial charge in [0.05, 0.1) is 29.9 Å². The van der Waals surface area contributed by atoms with E-state index in [9.17, 15) is 14.7 Å². The van der Waals surface area contributed by atoms with E-state index in [0.29, 0.717) is 17.3 Å². The predicted octanol–water partition coefficient (Wildman–Crippen LogP) is 0.0785. The van der Waals surface area contributed by atoms with E-state index in [1.54, 1.807) is 18.2 Å². The number of nitrogens with one attached hydrogen (secondary N) is 1. The molecule has 0 amide bonds. The molecule has 1 saturated heterocycles. The SMILES string of the molecule is O=C(CC1NCC[C@@H]1O)Cn1cnc2ccccc2c1=O. The molecule has 1 aromatic heterocycles. The van der Waals surface area contributed by atoms with Crippen LogP contribution in [0.1, 0.15) is 12.8 Å². The normalized spacial score (nSPS) is 21.8. The third kappa shape index (κ3) is 2.86. The molecule has 1 unspecified atom stereocenters. The highest BCUT2D eigenvalue weighted by molar-refractivity contribution is 5.80. The minimum absolute atomic E-state index is 0.0123. The second kappa shape index (κ2) is 5.75. The molecule has 2 heterocycles. The van der Waals surface area contributed by atoms with Crippen molar-refractivity contribution in [1.29, 1.82) is 0 Å². The second-order valence-electron chi connectivity index (χ2n) is 5.35. The van der Waals surface area contributed by atoms with Crippen molar-refractivity contribution in [1.82, 2.24) is 14.9 Å². The van der Waals surface area contributed by atoms with Crippen LogP contribution in [0.3, 0.4) is 0 Å². The number of rotatable bonds is 4. The Morgan fingerprint density at radius 3 is 3.00 bits per heavy atom. The van der Waals surface area contributed by atoms with Crippen molar-refractivity contribution in [3.05, 3.63) is 40.9 Å².